The summed E-state index contributed by atoms with van der Waals surface area (Å²) in [5.74, 6) is 0.749. The Morgan fingerprint density at radius 1 is 1.30 bits per heavy atom. The van der Waals surface area contributed by atoms with Crippen LogP contribution in [0.1, 0.15) is 5.82 Å². The van der Waals surface area contributed by atoms with Crippen LogP contribution < -0.4 is 15.4 Å². The molecule has 0 spiro atoms. The third kappa shape index (κ3) is 2.85. The molecule has 6 heteroatoms. The Bertz CT molecular complexity index is 676. The van der Waals surface area contributed by atoms with Crippen LogP contribution in [0.25, 0.3) is 10.9 Å². The number of piperazine rings is 1. The van der Waals surface area contributed by atoms with Crippen molar-refractivity contribution in [1.29, 1.82) is 0 Å². The van der Waals surface area contributed by atoms with E-state index >= 15 is 0 Å². The highest BCUT2D eigenvalue weighted by Crippen LogP contribution is 2.14. The highest BCUT2D eigenvalue weighted by Gasteiger charge is 2.21. The molecule has 106 valence electrons. The summed E-state index contributed by atoms with van der Waals surface area (Å²) in [6.45, 7) is 5.33. The lowest BCUT2D eigenvalue weighted by molar-refractivity contribution is -1.01. The zero-order valence-electron chi connectivity index (χ0n) is 11.5. The van der Waals surface area contributed by atoms with E-state index in [0.717, 1.165) is 25.5 Å². The van der Waals surface area contributed by atoms with Gasteiger partial charge in [0.05, 0.1) is 18.0 Å². The predicted molar refractivity (Wildman–Crippen MR) is 78.4 cm³/mol. The van der Waals surface area contributed by atoms with Gasteiger partial charge in [0.2, 0.25) is 0 Å². The number of nitrogens with one attached hydrogen (secondary N) is 3. The quantitative estimate of drug-likeness (QED) is 0.631. The maximum atomic E-state index is 12.1. The molecule has 0 radical (unpaired) electrons. The molecule has 20 heavy (non-hydrogen) atoms. The molecular weight excluding hydrogens is 276 g/mol. The van der Waals surface area contributed by atoms with Gasteiger partial charge in [0, 0.05) is 5.02 Å². The van der Waals surface area contributed by atoms with Gasteiger partial charge in [-0.15, -0.1) is 0 Å². The molecular formula is C14H19ClN4O+2. The summed E-state index contributed by atoms with van der Waals surface area (Å²) in [7, 11) is 2.22. The molecule has 5 nitrogen and oxygen atoms in total. The van der Waals surface area contributed by atoms with E-state index < -0.39 is 0 Å². The number of hydrogen-bond acceptors (Lipinski definition) is 2. The highest BCUT2D eigenvalue weighted by molar-refractivity contribution is 6.31. The van der Waals surface area contributed by atoms with Gasteiger partial charge in [0.1, 0.15) is 32.7 Å². The van der Waals surface area contributed by atoms with E-state index in [2.05, 4.69) is 17.0 Å². The van der Waals surface area contributed by atoms with Gasteiger partial charge in [-0.05, 0) is 18.2 Å². The second-order valence-corrected chi connectivity index (χ2v) is 5.99. The minimum atomic E-state index is -0.0826. The Morgan fingerprint density at radius 3 is 2.80 bits per heavy atom. The third-order valence-electron chi connectivity index (χ3n) is 3.95. The molecule has 0 unspecified atom stereocenters. The average Bonchev–Trinajstić information content (AvgIpc) is 2.41. The monoisotopic (exact) mass is 294 g/mol. The topological polar surface area (TPSA) is 54.6 Å². The fourth-order valence-electron chi connectivity index (χ4n) is 2.69. The Balaban J connectivity index is 1.87. The van der Waals surface area contributed by atoms with Gasteiger partial charge in [-0.1, -0.05) is 11.6 Å². The van der Waals surface area contributed by atoms with Crippen LogP contribution in [0, 0.1) is 0 Å². The average molecular weight is 295 g/mol. The molecule has 0 amide bonds. The van der Waals surface area contributed by atoms with Crippen molar-refractivity contribution < 1.29 is 9.80 Å². The van der Waals surface area contributed by atoms with E-state index in [4.69, 9.17) is 11.6 Å². The van der Waals surface area contributed by atoms with Crippen molar-refractivity contribution in [1.82, 2.24) is 9.97 Å². The SMILES string of the molecule is C[NH+]1CC[NH+](Cc2nc3cc(Cl)ccc3c(=O)[nH]2)CC1. The van der Waals surface area contributed by atoms with Gasteiger partial charge in [-0.25, -0.2) is 4.98 Å². The van der Waals surface area contributed by atoms with Crippen LogP contribution in [0.15, 0.2) is 23.0 Å². The molecule has 0 saturated carbocycles. The second kappa shape index (κ2) is 5.52. The van der Waals surface area contributed by atoms with Crippen molar-refractivity contribution >= 4 is 22.5 Å². The number of hydrogen-bond donors (Lipinski definition) is 3. The molecule has 1 fully saturated rings. The van der Waals surface area contributed by atoms with E-state index in [-0.39, 0.29) is 5.56 Å². The van der Waals surface area contributed by atoms with Crippen LogP contribution in [-0.4, -0.2) is 43.2 Å². The van der Waals surface area contributed by atoms with Crippen LogP contribution in [0.2, 0.25) is 5.02 Å². The first kappa shape index (κ1) is 13.5. The van der Waals surface area contributed by atoms with Crippen molar-refractivity contribution in [3.05, 3.63) is 39.4 Å². The Hall–Kier alpha value is -1.43. The first-order valence-corrected chi connectivity index (χ1v) is 7.33. The summed E-state index contributed by atoms with van der Waals surface area (Å²) in [6, 6.07) is 5.19. The number of quaternary nitrogens is 2. The molecule has 1 saturated heterocycles. The summed E-state index contributed by atoms with van der Waals surface area (Å²) < 4.78 is 0. The number of aromatic amines is 1. The molecule has 1 aliphatic rings. The minimum absolute atomic E-state index is 0.0826. The maximum absolute atomic E-state index is 12.1. The van der Waals surface area contributed by atoms with Crippen molar-refractivity contribution in [2.75, 3.05) is 33.2 Å². The van der Waals surface area contributed by atoms with Crippen molar-refractivity contribution in [2.45, 2.75) is 6.54 Å². The van der Waals surface area contributed by atoms with Gasteiger partial charge < -0.3 is 14.8 Å². The number of rotatable bonds is 2. The van der Waals surface area contributed by atoms with Gasteiger partial charge in [-0.2, -0.15) is 0 Å². The molecule has 2 aromatic rings. The Kier molecular flexibility index (Phi) is 3.74. The number of likely N-dealkylation sites (N-methyl/N-ethyl adjacent to an activating group) is 1. The highest BCUT2D eigenvalue weighted by atomic mass is 35.5. The molecule has 0 aliphatic carbocycles. The lowest BCUT2D eigenvalue weighted by atomic mass is 10.2. The smallest absolute Gasteiger partial charge is 0.258 e. The summed E-state index contributed by atoms with van der Waals surface area (Å²) in [5, 5.41) is 1.20. The molecule has 3 rings (SSSR count). The number of halogens is 1. The minimum Gasteiger partial charge on any atom is -0.328 e. The van der Waals surface area contributed by atoms with Crippen LogP contribution in [0.4, 0.5) is 0 Å². The maximum Gasteiger partial charge on any atom is 0.258 e. The lowest BCUT2D eigenvalue weighted by Gasteiger charge is -2.26. The van der Waals surface area contributed by atoms with E-state index in [1.807, 2.05) is 0 Å². The number of aromatic nitrogens is 2. The third-order valence-corrected chi connectivity index (χ3v) is 4.18. The van der Waals surface area contributed by atoms with Crippen molar-refractivity contribution in [2.24, 2.45) is 0 Å². The fourth-order valence-corrected chi connectivity index (χ4v) is 2.86. The lowest BCUT2D eigenvalue weighted by Crippen LogP contribution is -3.26. The van der Waals surface area contributed by atoms with E-state index in [1.54, 1.807) is 23.1 Å². The van der Waals surface area contributed by atoms with Crippen LogP contribution in [0.3, 0.4) is 0 Å². The van der Waals surface area contributed by atoms with Gasteiger partial charge >= 0.3 is 0 Å². The van der Waals surface area contributed by atoms with Gasteiger partial charge in [0.25, 0.3) is 5.56 Å². The molecule has 2 heterocycles. The summed E-state index contributed by atoms with van der Waals surface area (Å²) in [5.41, 5.74) is 0.594. The first-order chi connectivity index (χ1) is 9.61. The van der Waals surface area contributed by atoms with Gasteiger partial charge in [-0.3, -0.25) is 4.79 Å². The fraction of sp³-hybridized carbons (Fsp3) is 0.429. The predicted octanol–water partition coefficient (Wildman–Crippen LogP) is -1.51. The van der Waals surface area contributed by atoms with Crippen molar-refractivity contribution in [3.63, 3.8) is 0 Å². The summed E-state index contributed by atoms with van der Waals surface area (Å²) >= 11 is 5.97. The molecule has 1 aromatic carbocycles. The number of benzene rings is 1. The largest absolute Gasteiger partial charge is 0.328 e. The molecule has 1 aliphatic heterocycles. The van der Waals surface area contributed by atoms with Gasteiger partial charge in [0.15, 0.2) is 5.82 Å². The number of nitrogens with zero attached hydrogens (tertiary/aromatic N) is 1. The number of fused-ring (bicyclic) bond motifs is 1. The van der Waals surface area contributed by atoms with Crippen molar-refractivity contribution in [3.8, 4) is 0 Å². The normalized spacial score (nSPS) is 23.1. The zero-order valence-corrected chi connectivity index (χ0v) is 12.3. The van der Waals surface area contributed by atoms with E-state index in [0.29, 0.717) is 15.9 Å². The Morgan fingerprint density at radius 2 is 2.05 bits per heavy atom. The van der Waals surface area contributed by atoms with Crippen LogP contribution >= 0.6 is 11.6 Å². The first-order valence-electron chi connectivity index (χ1n) is 6.95. The molecule has 0 atom stereocenters. The summed E-state index contributed by atoms with van der Waals surface area (Å²) in [4.78, 5) is 22.5. The van der Waals surface area contributed by atoms with Crippen LogP contribution in [-0.2, 0) is 6.54 Å². The van der Waals surface area contributed by atoms with E-state index in [9.17, 15) is 4.79 Å². The molecule has 1 aromatic heterocycles. The second-order valence-electron chi connectivity index (χ2n) is 5.56. The summed E-state index contributed by atoms with van der Waals surface area (Å²) in [6.07, 6.45) is 0. The van der Waals surface area contributed by atoms with E-state index in [1.165, 1.54) is 18.0 Å². The number of H-pyrrole nitrogens is 1. The molecule has 3 N–H and O–H groups in total. The zero-order chi connectivity index (χ0) is 14.1. The van der Waals surface area contributed by atoms with Crippen LogP contribution in [0.5, 0.6) is 0 Å². The standard InChI is InChI=1S/C14H17ClN4O/c1-18-4-6-19(7-5-18)9-13-16-12-8-10(15)2-3-11(12)14(20)17-13/h2-3,8H,4-7,9H2,1H3,(H,16,17,20)/p+2. The Labute approximate surface area is 122 Å². The molecule has 0 bridgehead atoms.